The Labute approximate surface area is 303 Å². The van der Waals surface area contributed by atoms with Crippen LogP contribution in [0.5, 0.6) is 0 Å². The third-order valence-corrected chi connectivity index (χ3v) is 10.3. The highest BCUT2D eigenvalue weighted by Gasteiger charge is 2.25. The second kappa shape index (κ2) is 38.7. The van der Waals surface area contributed by atoms with E-state index in [1.807, 2.05) is 0 Å². The molecule has 0 aliphatic rings. The summed E-state index contributed by atoms with van der Waals surface area (Å²) >= 11 is 0. The third kappa shape index (κ3) is 38.6. The highest BCUT2D eigenvalue weighted by Crippen LogP contribution is 2.43. The van der Waals surface area contributed by atoms with E-state index in [0.29, 0.717) is 13.0 Å². The third-order valence-electron chi connectivity index (χ3n) is 9.27. The summed E-state index contributed by atoms with van der Waals surface area (Å²) in [4.78, 5) is 22.3. The first kappa shape index (κ1) is 48.5. The maximum Gasteiger partial charge on any atom is 0.472 e. The molecule has 0 aromatic rings. The largest absolute Gasteiger partial charge is 0.472 e. The van der Waals surface area contributed by atoms with E-state index in [1.165, 1.54) is 161 Å². The standard InChI is InChI=1S/C40H82NO7P/c1-3-5-7-9-11-13-14-15-16-17-18-19-20-21-22-23-24-25-26-28-30-32-35-45-37-39(38-47-49(43,44)46-36-34-41)48-40(42)33-31-29-27-12-10-8-6-4-2/h39H,3-38,41H2,1-2H3,(H,43,44). The van der Waals surface area contributed by atoms with E-state index in [0.717, 1.165) is 32.1 Å². The summed E-state index contributed by atoms with van der Waals surface area (Å²) in [5.41, 5.74) is 5.35. The van der Waals surface area contributed by atoms with E-state index >= 15 is 0 Å². The minimum absolute atomic E-state index is 0.0906. The van der Waals surface area contributed by atoms with E-state index in [4.69, 9.17) is 24.3 Å². The number of unbranched alkanes of at least 4 members (excludes halogenated alkanes) is 28. The van der Waals surface area contributed by atoms with Crippen LogP contribution in [0, 0.1) is 0 Å². The minimum atomic E-state index is -4.26. The van der Waals surface area contributed by atoms with E-state index in [9.17, 15) is 14.3 Å². The van der Waals surface area contributed by atoms with Gasteiger partial charge in [-0.3, -0.25) is 13.8 Å². The van der Waals surface area contributed by atoms with Gasteiger partial charge >= 0.3 is 13.8 Å². The van der Waals surface area contributed by atoms with E-state index in [1.54, 1.807) is 0 Å². The second-order valence-electron chi connectivity index (χ2n) is 14.2. The molecule has 3 N–H and O–H groups in total. The van der Waals surface area contributed by atoms with Crippen molar-refractivity contribution < 1.29 is 32.8 Å². The summed E-state index contributed by atoms with van der Waals surface area (Å²) in [6.45, 7) is 4.94. The number of phosphoric acid groups is 1. The lowest BCUT2D eigenvalue weighted by Gasteiger charge is -2.20. The molecule has 0 spiro atoms. The quantitative estimate of drug-likeness (QED) is 0.0364. The van der Waals surface area contributed by atoms with Gasteiger partial charge in [0.2, 0.25) is 0 Å². The number of esters is 1. The van der Waals surface area contributed by atoms with Crippen LogP contribution in [0.2, 0.25) is 0 Å². The van der Waals surface area contributed by atoms with Gasteiger partial charge in [-0.05, 0) is 12.8 Å². The number of phosphoric ester groups is 1. The predicted molar refractivity (Wildman–Crippen MR) is 206 cm³/mol. The second-order valence-corrected chi connectivity index (χ2v) is 15.7. The van der Waals surface area contributed by atoms with Gasteiger partial charge in [0.1, 0.15) is 6.10 Å². The zero-order valence-electron chi connectivity index (χ0n) is 32.5. The SMILES string of the molecule is CCCCCCCCCCCCCCCCCCCCCCCCOCC(COP(=O)(O)OCCN)OC(=O)CCCCCCCCCC. The minimum Gasteiger partial charge on any atom is -0.457 e. The van der Waals surface area contributed by atoms with Crippen LogP contribution in [-0.2, 0) is 27.9 Å². The summed E-state index contributed by atoms with van der Waals surface area (Å²) in [7, 11) is -4.26. The molecule has 2 unspecified atom stereocenters. The van der Waals surface area contributed by atoms with Crippen LogP contribution in [-0.4, -0.2) is 49.9 Å². The number of hydrogen-bond donors (Lipinski definition) is 2. The predicted octanol–water partition coefficient (Wildman–Crippen LogP) is 12.1. The topological polar surface area (TPSA) is 117 Å². The summed E-state index contributed by atoms with van der Waals surface area (Å²) in [6, 6.07) is 0. The molecule has 0 rings (SSSR count). The molecule has 2 atom stereocenters. The number of rotatable bonds is 41. The monoisotopic (exact) mass is 720 g/mol. The van der Waals surface area contributed by atoms with Crippen LogP contribution in [0.15, 0.2) is 0 Å². The molecule has 0 bridgehead atoms. The molecular weight excluding hydrogens is 637 g/mol. The molecule has 0 aromatic carbocycles. The van der Waals surface area contributed by atoms with Gasteiger partial charge in [0, 0.05) is 19.6 Å². The Morgan fingerprint density at radius 3 is 1.29 bits per heavy atom. The summed E-state index contributed by atoms with van der Waals surface area (Å²) in [5, 5.41) is 0. The van der Waals surface area contributed by atoms with E-state index in [2.05, 4.69) is 13.8 Å². The Balaban J connectivity index is 3.82. The molecule has 8 nitrogen and oxygen atoms in total. The van der Waals surface area contributed by atoms with Crippen molar-refractivity contribution in [2.75, 3.05) is 33.0 Å². The molecule has 0 aliphatic heterocycles. The summed E-state index contributed by atoms with van der Waals surface area (Å²) < 4.78 is 33.3. The molecule has 0 fully saturated rings. The lowest BCUT2D eigenvalue weighted by atomic mass is 10.0. The van der Waals surface area contributed by atoms with Crippen molar-refractivity contribution in [3.63, 3.8) is 0 Å². The van der Waals surface area contributed by atoms with Gasteiger partial charge in [-0.1, -0.05) is 194 Å². The molecule has 9 heteroatoms. The number of nitrogens with two attached hydrogens (primary N) is 1. The van der Waals surface area contributed by atoms with Gasteiger partial charge in [0.25, 0.3) is 0 Å². The first-order valence-electron chi connectivity index (χ1n) is 21.0. The Morgan fingerprint density at radius 1 is 0.531 bits per heavy atom. The van der Waals surface area contributed by atoms with E-state index in [-0.39, 0.29) is 32.3 Å². The van der Waals surface area contributed by atoms with Gasteiger partial charge in [0.15, 0.2) is 0 Å². The highest BCUT2D eigenvalue weighted by atomic mass is 31.2. The molecule has 49 heavy (non-hydrogen) atoms. The van der Waals surface area contributed by atoms with Crippen molar-refractivity contribution >= 4 is 13.8 Å². The van der Waals surface area contributed by atoms with Crippen LogP contribution in [0.4, 0.5) is 0 Å². The number of ether oxygens (including phenoxy) is 2. The molecule has 0 saturated heterocycles. The van der Waals surface area contributed by atoms with Gasteiger partial charge < -0.3 is 20.1 Å². The van der Waals surface area contributed by atoms with Crippen molar-refractivity contribution in [1.82, 2.24) is 0 Å². The van der Waals surface area contributed by atoms with Crippen LogP contribution in [0.25, 0.3) is 0 Å². The van der Waals surface area contributed by atoms with Crippen LogP contribution >= 0.6 is 7.82 Å². The fourth-order valence-corrected chi connectivity index (χ4v) is 6.94. The molecule has 0 aromatic heterocycles. The van der Waals surface area contributed by atoms with Crippen molar-refractivity contribution in [3.05, 3.63) is 0 Å². The smallest absolute Gasteiger partial charge is 0.457 e. The molecule has 0 amide bonds. The van der Waals surface area contributed by atoms with Crippen molar-refractivity contribution in [2.24, 2.45) is 5.73 Å². The van der Waals surface area contributed by atoms with E-state index < -0.39 is 13.9 Å². The molecular formula is C40H82NO7P. The first-order valence-corrected chi connectivity index (χ1v) is 22.5. The van der Waals surface area contributed by atoms with Crippen LogP contribution in [0.1, 0.15) is 213 Å². The maximum absolute atomic E-state index is 12.4. The highest BCUT2D eigenvalue weighted by molar-refractivity contribution is 7.47. The fourth-order valence-electron chi connectivity index (χ4n) is 6.17. The van der Waals surface area contributed by atoms with Crippen molar-refractivity contribution in [3.8, 4) is 0 Å². The Hall–Kier alpha value is -0.500. The zero-order chi connectivity index (χ0) is 35.9. The summed E-state index contributed by atoms with van der Waals surface area (Å²) in [6.07, 6.45) is 38.5. The van der Waals surface area contributed by atoms with Crippen LogP contribution in [0.3, 0.4) is 0 Å². The molecule has 0 aliphatic carbocycles. The average molecular weight is 720 g/mol. The number of carbonyl (C=O) groups excluding carboxylic acids is 1. The number of hydrogen-bond acceptors (Lipinski definition) is 7. The van der Waals surface area contributed by atoms with Crippen molar-refractivity contribution in [1.29, 1.82) is 0 Å². The van der Waals surface area contributed by atoms with Crippen LogP contribution < -0.4 is 5.73 Å². The number of carbonyl (C=O) groups is 1. The maximum atomic E-state index is 12.4. The molecule has 0 heterocycles. The Morgan fingerprint density at radius 2 is 0.898 bits per heavy atom. The fraction of sp³-hybridized carbons (Fsp3) is 0.975. The average Bonchev–Trinajstić information content (AvgIpc) is 3.09. The summed E-state index contributed by atoms with van der Waals surface area (Å²) in [5.74, 6) is -0.330. The van der Waals surface area contributed by atoms with Gasteiger partial charge in [-0.15, -0.1) is 0 Å². The molecule has 294 valence electrons. The molecule has 0 saturated carbocycles. The van der Waals surface area contributed by atoms with Gasteiger partial charge in [0.05, 0.1) is 19.8 Å². The van der Waals surface area contributed by atoms with Gasteiger partial charge in [-0.25, -0.2) is 4.57 Å². The lowest BCUT2D eigenvalue weighted by Crippen LogP contribution is -2.28. The normalized spacial score (nSPS) is 13.5. The van der Waals surface area contributed by atoms with Gasteiger partial charge in [-0.2, -0.15) is 0 Å². The van der Waals surface area contributed by atoms with Crippen molar-refractivity contribution in [2.45, 2.75) is 219 Å². The Bertz CT molecular complexity index is 727. The first-order chi connectivity index (χ1) is 23.9. The zero-order valence-corrected chi connectivity index (χ0v) is 33.3. The lowest BCUT2D eigenvalue weighted by molar-refractivity contribution is -0.154. The Kier molecular flexibility index (Phi) is 38.3. The molecule has 0 radical (unpaired) electrons.